The molecule has 0 spiro atoms. The summed E-state index contributed by atoms with van der Waals surface area (Å²) in [6.07, 6.45) is 3.75. The summed E-state index contributed by atoms with van der Waals surface area (Å²) >= 11 is 0. The fourth-order valence-electron chi connectivity index (χ4n) is 5.84. The number of rotatable bonds is 6. The Balaban J connectivity index is 1.60. The first-order chi connectivity index (χ1) is 15.5. The molecule has 168 valence electrons. The van der Waals surface area contributed by atoms with Gasteiger partial charge in [0.25, 0.3) is 0 Å². The molecule has 2 aliphatic heterocycles. The van der Waals surface area contributed by atoms with Crippen LogP contribution < -0.4 is 0 Å². The molecule has 0 amide bonds. The number of carbonyl (C=O) groups is 1. The standard InChI is InChI=1S/C27H31FN2O2/c1-4-32-26(31)14-19(18-6-8-20(28)9-7-18)16-30-23-11-5-17(2)13-22(23)27-24-12-10-21(29(24)3)15-25(27)30/h5-9,11,13,19,21,24H,4,10,12,14-16H2,1-3H3. The number of hydrogen-bond acceptors (Lipinski definition) is 3. The second-order valence-electron chi connectivity index (χ2n) is 9.37. The second kappa shape index (κ2) is 8.36. The Kier molecular flexibility index (Phi) is 5.54. The lowest BCUT2D eigenvalue weighted by molar-refractivity contribution is -0.143. The molecule has 4 nitrogen and oxygen atoms in total. The predicted octanol–water partition coefficient (Wildman–Crippen LogP) is 5.52. The second-order valence-corrected chi connectivity index (χ2v) is 9.37. The maximum absolute atomic E-state index is 13.6. The van der Waals surface area contributed by atoms with E-state index in [1.807, 2.05) is 6.92 Å². The number of ether oxygens (including phenoxy) is 1. The molecule has 3 heterocycles. The fourth-order valence-corrected chi connectivity index (χ4v) is 5.84. The fraction of sp³-hybridized carbons (Fsp3) is 0.444. The molecule has 32 heavy (non-hydrogen) atoms. The Labute approximate surface area is 189 Å². The van der Waals surface area contributed by atoms with Crippen LogP contribution >= 0.6 is 0 Å². The number of halogens is 1. The highest BCUT2D eigenvalue weighted by Gasteiger charge is 2.41. The molecule has 2 aromatic carbocycles. The van der Waals surface area contributed by atoms with Gasteiger partial charge in [-0.1, -0.05) is 23.8 Å². The van der Waals surface area contributed by atoms with E-state index in [9.17, 15) is 9.18 Å². The molecular weight excluding hydrogens is 403 g/mol. The van der Waals surface area contributed by atoms with Gasteiger partial charge in [-0.05, 0) is 69.1 Å². The minimum atomic E-state index is -0.262. The van der Waals surface area contributed by atoms with Crippen molar-refractivity contribution in [3.8, 4) is 0 Å². The molecule has 2 bridgehead atoms. The Morgan fingerprint density at radius 2 is 1.97 bits per heavy atom. The third-order valence-electron chi connectivity index (χ3n) is 7.44. The van der Waals surface area contributed by atoms with Crippen molar-refractivity contribution in [2.24, 2.45) is 0 Å². The van der Waals surface area contributed by atoms with E-state index >= 15 is 0 Å². The maximum Gasteiger partial charge on any atom is 0.306 e. The summed E-state index contributed by atoms with van der Waals surface area (Å²) in [6.45, 7) is 5.03. The van der Waals surface area contributed by atoms with Gasteiger partial charge in [-0.3, -0.25) is 9.69 Å². The van der Waals surface area contributed by atoms with E-state index in [4.69, 9.17) is 4.74 Å². The van der Waals surface area contributed by atoms with Gasteiger partial charge in [0.05, 0.1) is 13.0 Å². The highest BCUT2D eigenvalue weighted by Crippen LogP contribution is 2.47. The monoisotopic (exact) mass is 434 g/mol. The Hall–Kier alpha value is -2.66. The van der Waals surface area contributed by atoms with Crippen LogP contribution in [-0.4, -0.2) is 35.1 Å². The molecule has 3 atom stereocenters. The molecule has 0 N–H and O–H groups in total. The summed E-state index contributed by atoms with van der Waals surface area (Å²) in [5.74, 6) is -0.543. The Morgan fingerprint density at radius 3 is 2.72 bits per heavy atom. The zero-order chi connectivity index (χ0) is 22.4. The van der Waals surface area contributed by atoms with Gasteiger partial charge in [-0.15, -0.1) is 0 Å². The van der Waals surface area contributed by atoms with Crippen LogP contribution in [0.15, 0.2) is 42.5 Å². The van der Waals surface area contributed by atoms with Crippen molar-refractivity contribution >= 4 is 16.9 Å². The average molecular weight is 435 g/mol. The minimum Gasteiger partial charge on any atom is -0.466 e. The normalized spacial score (nSPS) is 21.0. The van der Waals surface area contributed by atoms with Crippen molar-refractivity contribution in [3.63, 3.8) is 0 Å². The molecule has 1 saturated heterocycles. The number of esters is 1. The molecule has 3 unspecified atom stereocenters. The lowest BCUT2D eigenvalue weighted by Crippen LogP contribution is -2.35. The first kappa shape index (κ1) is 21.2. The summed E-state index contributed by atoms with van der Waals surface area (Å²) in [7, 11) is 2.26. The molecule has 1 fully saturated rings. The van der Waals surface area contributed by atoms with Gasteiger partial charge in [0.1, 0.15) is 5.82 Å². The molecule has 3 aromatic rings. The van der Waals surface area contributed by atoms with Gasteiger partial charge >= 0.3 is 5.97 Å². The molecular formula is C27H31FN2O2. The molecule has 2 aliphatic rings. The van der Waals surface area contributed by atoms with Gasteiger partial charge in [0.2, 0.25) is 0 Å². The van der Waals surface area contributed by atoms with E-state index < -0.39 is 0 Å². The zero-order valence-electron chi connectivity index (χ0n) is 19.1. The topological polar surface area (TPSA) is 34.5 Å². The van der Waals surface area contributed by atoms with E-state index in [-0.39, 0.29) is 24.1 Å². The van der Waals surface area contributed by atoms with Crippen molar-refractivity contribution in [1.29, 1.82) is 0 Å². The first-order valence-corrected chi connectivity index (χ1v) is 11.7. The summed E-state index contributed by atoms with van der Waals surface area (Å²) < 4.78 is 21.3. The highest BCUT2D eigenvalue weighted by molar-refractivity contribution is 5.87. The molecule has 1 aromatic heterocycles. The van der Waals surface area contributed by atoms with E-state index in [1.54, 1.807) is 12.1 Å². The quantitative estimate of drug-likeness (QED) is 0.479. The van der Waals surface area contributed by atoms with Crippen molar-refractivity contribution in [2.75, 3.05) is 13.7 Å². The Bertz CT molecular complexity index is 1150. The van der Waals surface area contributed by atoms with Crippen LogP contribution in [0, 0.1) is 12.7 Å². The molecule has 0 aliphatic carbocycles. The number of aryl methyl sites for hydroxylation is 1. The number of benzene rings is 2. The average Bonchev–Trinajstić information content (AvgIpc) is 3.17. The van der Waals surface area contributed by atoms with Crippen LogP contribution in [0.1, 0.15) is 60.5 Å². The first-order valence-electron chi connectivity index (χ1n) is 11.7. The number of fused-ring (bicyclic) bond motifs is 6. The molecule has 0 saturated carbocycles. The highest BCUT2D eigenvalue weighted by atomic mass is 19.1. The van der Waals surface area contributed by atoms with Gasteiger partial charge in [-0.2, -0.15) is 0 Å². The van der Waals surface area contributed by atoms with Crippen molar-refractivity contribution < 1.29 is 13.9 Å². The number of carbonyl (C=O) groups excluding carboxylic acids is 1. The lowest BCUT2D eigenvalue weighted by Gasteiger charge is -2.33. The van der Waals surface area contributed by atoms with Crippen LogP contribution in [0.3, 0.4) is 0 Å². The number of nitrogens with zero attached hydrogens (tertiary/aromatic N) is 2. The summed E-state index contributed by atoms with van der Waals surface area (Å²) in [5, 5.41) is 1.34. The third-order valence-corrected chi connectivity index (χ3v) is 7.44. The third kappa shape index (κ3) is 3.62. The van der Waals surface area contributed by atoms with Crippen molar-refractivity contribution in [1.82, 2.24) is 9.47 Å². The SMILES string of the molecule is CCOC(=O)CC(Cn1c2c(c3cc(C)ccc31)C1CCC(C2)N1C)c1ccc(F)cc1. The maximum atomic E-state index is 13.6. The number of likely N-dealkylation sites (N-methyl/N-ethyl adjacent to an activating group) is 1. The summed E-state index contributed by atoms with van der Waals surface area (Å²) in [4.78, 5) is 15.0. The van der Waals surface area contributed by atoms with E-state index in [2.05, 4.69) is 41.6 Å². The van der Waals surface area contributed by atoms with Crippen LogP contribution in [0.25, 0.3) is 10.9 Å². The van der Waals surface area contributed by atoms with Gasteiger partial charge in [-0.25, -0.2) is 4.39 Å². The largest absolute Gasteiger partial charge is 0.466 e. The summed E-state index contributed by atoms with van der Waals surface area (Å²) in [5.41, 5.74) is 6.35. The van der Waals surface area contributed by atoms with E-state index in [1.165, 1.54) is 52.7 Å². The smallest absolute Gasteiger partial charge is 0.306 e. The predicted molar refractivity (Wildman–Crippen MR) is 124 cm³/mol. The van der Waals surface area contributed by atoms with Crippen LogP contribution in [-0.2, 0) is 22.5 Å². The van der Waals surface area contributed by atoms with Crippen molar-refractivity contribution in [3.05, 3.63) is 70.7 Å². The van der Waals surface area contributed by atoms with Crippen LogP contribution in [0.4, 0.5) is 4.39 Å². The van der Waals surface area contributed by atoms with Crippen LogP contribution in [0.5, 0.6) is 0 Å². The van der Waals surface area contributed by atoms with E-state index in [0.29, 0.717) is 25.2 Å². The van der Waals surface area contributed by atoms with Gasteiger partial charge in [0, 0.05) is 47.6 Å². The molecule has 5 heteroatoms. The van der Waals surface area contributed by atoms with Gasteiger partial charge in [0.15, 0.2) is 0 Å². The van der Waals surface area contributed by atoms with Gasteiger partial charge < -0.3 is 9.30 Å². The molecule has 0 radical (unpaired) electrons. The van der Waals surface area contributed by atoms with Crippen LogP contribution in [0.2, 0.25) is 0 Å². The summed E-state index contributed by atoms with van der Waals surface area (Å²) in [6, 6.07) is 14.3. The number of aromatic nitrogens is 1. The minimum absolute atomic E-state index is 0.0760. The lowest BCUT2D eigenvalue weighted by atomic mass is 9.94. The number of hydrogen-bond donors (Lipinski definition) is 0. The van der Waals surface area contributed by atoms with Crippen molar-refractivity contribution in [2.45, 2.75) is 64.1 Å². The Morgan fingerprint density at radius 1 is 1.19 bits per heavy atom. The zero-order valence-corrected chi connectivity index (χ0v) is 19.1. The molecule has 5 rings (SSSR count). The van der Waals surface area contributed by atoms with E-state index in [0.717, 1.165) is 12.0 Å².